The molecule has 3 N–H and O–H groups in total. The first-order chi connectivity index (χ1) is 10.0. The molecule has 6 heteroatoms. The summed E-state index contributed by atoms with van der Waals surface area (Å²) in [6.45, 7) is 4.06. The van der Waals surface area contributed by atoms with Gasteiger partial charge in [-0.2, -0.15) is 4.98 Å². The van der Waals surface area contributed by atoms with Crippen molar-refractivity contribution < 1.29 is 14.4 Å². The number of methoxy groups -OCH3 is 1. The summed E-state index contributed by atoms with van der Waals surface area (Å²) in [6, 6.07) is 6.50. The molecule has 1 heterocycles. The lowest BCUT2D eigenvalue weighted by molar-refractivity contribution is 0.0555. The van der Waals surface area contributed by atoms with Crippen molar-refractivity contribution in [2.75, 3.05) is 7.11 Å². The molecule has 0 spiro atoms. The highest BCUT2D eigenvalue weighted by Gasteiger charge is 2.23. The highest BCUT2D eigenvalue weighted by Crippen LogP contribution is 2.24. The van der Waals surface area contributed by atoms with Crippen molar-refractivity contribution >= 4 is 0 Å². The Balaban J connectivity index is 2.08. The number of rotatable bonds is 6. The molecular formula is C15H21N3O3. The molecule has 0 radical (unpaired) electrons. The average molecular weight is 291 g/mol. The zero-order chi connectivity index (χ0) is 15.4. The molecule has 0 bridgehead atoms. The van der Waals surface area contributed by atoms with Crippen LogP contribution in [0.25, 0.3) is 0 Å². The van der Waals surface area contributed by atoms with E-state index in [1.54, 1.807) is 19.2 Å². The Morgan fingerprint density at radius 3 is 2.52 bits per heavy atom. The Kier molecular flexibility index (Phi) is 4.93. The van der Waals surface area contributed by atoms with Gasteiger partial charge in [0.25, 0.3) is 0 Å². The molecule has 2 rings (SSSR count). The summed E-state index contributed by atoms with van der Waals surface area (Å²) < 4.78 is 10.6. The van der Waals surface area contributed by atoms with Crippen LogP contribution in [0.3, 0.4) is 0 Å². The second kappa shape index (κ2) is 6.69. The standard InChI is InChI=1S/C15H21N3O3/c1-9(2)13(20-3)14-17-15(21-18-14)12(16)8-10-4-6-11(19)7-5-10/h4-7,9,12-13,19H,8,16H2,1-3H3. The molecule has 0 saturated carbocycles. The maximum absolute atomic E-state index is 9.27. The van der Waals surface area contributed by atoms with Gasteiger partial charge in [-0.1, -0.05) is 31.1 Å². The molecule has 2 aromatic rings. The van der Waals surface area contributed by atoms with Gasteiger partial charge in [0.15, 0.2) is 0 Å². The van der Waals surface area contributed by atoms with Gasteiger partial charge in [0, 0.05) is 7.11 Å². The number of hydrogen-bond acceptors (Lipinski definition) is 6. The summed E-state index contributed by atoms with van der Waals surface area (Å²) in [7, 11) is 1.62. The first-order valence-electron chi connectivity index (χ1n) is 6.91. The third kappa shape index (κ3) is 3.80. The fourth-order valence-corrected chi connectivity index (χ4v) is 2.16. The van der Waals surface area contributed by atoms with Crippen molar-refractivity contribution in [3.05, 3.63) is 41.5 Å². The van der Waals surface area contributed by atoms with Crippen LogP contribution >= 0.6 is 0 Å². The minimum absolute atomic E-state index is 0.205. The van der Waals surface area contributed by atoms with Gasteiger partial charge in [-0.05, 0) is 30.0 Å². The molecule has 0 fully saturated rings. The van der Waals surface area contributed by atoms with Gasteiger partial charge in [-0.25, -0.2) is 0 Å². The van der Waals surface area contributed by atoms with E-state index in [-0.39, 0.29) is 23.8 Å². The van der Waals surface area contributed by atoms with Gasteiger partial charge in [-0.3, -0.25) is 0 Å². The van der Waals surface area contributed by atoms with E-state index in [1.165, 1.54) is 0 Å². The normalized spacial score (nSPS) is 14.3. The quantitative estimate of drug-likeness (QED) is 0.848. The van der Waals surface area contributed by atoms with E-state index in [2.05, 4.69) is 10.1 Å². The Bertz CT molecular complexity index is 566. The number of nitrogens with zero attached hydrogens (tertiary/aromatic N) is 2. The Hall–Kier alpha value is -1.92. The van der Waals surface area contributed by atoms with E-state index in [4.69, 9.17) is 15.0 Å². The molecule has 21 heavy (non-hydrogen) atoms. The Morgan fingerprint density at radius 1 is 1.29 bits per heavy atom. The molecule has 0 amide bonds. The fraction of sp³-hybridized carbons (Fsp3) is 0.467. The van der Waals surface area contributed by atoms with Crippen molar-refractivity contribution in [1.82, 2.24) is 10.1 Å². The topological polar surface area (TPSA) is 94.4 Å². The highest BCUT2D eigenvalue weighted by atomic mass is 16.5. The van der Waals surface area contributed by atoms with Crippen LogP contribution < -0.4 is 5.73 Å². The molecule has 0 aliphatic carbocycles. The summed E-state index contributed by atoms with van der Waals surface area (Å²) in [5.74, 6) is 1.38. The van der Waals surface area contributed by atoms with Crippen LogP contribution in [0.5, 0.6) is 5.75 Å². The van der Waals surface area contributed by atoms with Crippen LogP contribution in [0.4, 0.5) is 0 Å². The van der Waals surface area contributed by atoms with Crippen molar-refractivity contribution in [2.24, 2.45) is 11.7 Å². The monoisotopic (exact) mass is 291 g/mol. The maximum atomic E-state index is 9.27. The van der Waals surface area contributed by atoms with E-state index in [1.807, 2.05) is 26.0 Å². The van der Waals surface area contributed by atoms with Crippen LogP contribution in [0.15, 0.2) is 28.8 Å². The number of nitrogens with two attached hydrogens (primary N) is 1. The fourth-order valence-electron chi connectivity index (χ4n) is 2.16. The minimum atomic E-state index is -0.388. The lowest BCUT2D eigenvalue weighted by atomic mass is 10.1. The lowest BCUT2D eigenvalue weighted by Crippen LogP contribution is -2.15. The van der Waals surface area contributed by atoms with Gasteiger partial charge >= 0.3 is 0 Å². The number of benzene rings is 1. The smallest absolute Gasteiger partial charge is 0.243 e. The number of aromatic hydroxyl groups is 1. The van der Waals surface area contributed by atoms with Crippen LogP contribution in [0, 0.1) is 5.92 Å². The summed E-state index contributed by atoms with van der Waals surface area (Å²) in [5.41, 5.74) is 7.09. The molecule has 114 valence electrons. The predicted molar refractivity (Wildman–Crippen MR) is 77.6 cm³/mol. The molecule has 2 atom stereocenters. The Labute approximate surface area is 123 Å². The average Bonchev–Trinajstić information content (AvgIpc) is 2.91. The molecule has 6 nitrogen and oxygen atoms in total. The third-order valence-electron chi connectivity index (χ3n) is 3.28. The summed E-state index contributed by atoms with van der Waals surface area (Å²) in [5, 5.41) is 13.2. The van der Waals surface area contributed by atoms with Crippen LogP contribution in [-0.2, 0) is 11.2 Å². The predicted octanol–water partition coefficient (Wildman–Crippen LogP) is 2.36. The number of phenols is 1. The number of aromatic nitrogens is 2. The number of hydrogen-bond donors (Lipinski definition) is 2. The Morgan fingerprint density at radius 2 is 1.95 bits per heavy atom. The van der Waals surface area contributed by atoms with E-state index < -0.39 is 0 Å². The summed E-state index contributed by atoms with van der Waals surface area (Å²) in [4.78, 5) is 4.34. The van der Waals surface area contributed by atoms with Gasteiger partial charge < -0.3 is 20.1 Å². The molecule has 2 unspecified atom stereocenters. The first-order valence-corrected chi connectivity index (χ1v) is 6.91. The van der Waals surface area contributed by atoms with Crippen LogP contribution in [-0.4, -0.2) is 22.4 Å². The van der Waals surface area contributed by atoms with E-state index in [0.717, 1.165) is 5.56 Å². The first kappa shape index (κ1) is 15.5. The summed E-state index contributed by atoms with van der Waals surface area (Å²) in [6.07, 6.45) is 0.352. The molecule has 0 aliphatic heterocycles. The SMILES string of the molecule is COC(c1noc(C(N)Cc2ccc(O)cc2)n1)C(C)C. The van der Waals surface area contributed by atoms with Crippen molar-refractivity contribution in [2.45, 2.75) is 32.4 Å². The minimum Gasteiger partial charge on any atom is -0.508 e. The van der Waals surface area contributed by atoms with Crippen LogP contribution in [0.2, 0.25) is 0 Å². The zero-order valence-electron chi connectivity index (χ0n) is 12.5. The number of ether oxygens (including phenoxy) is 1. The second-order valence-electron chi connectivity index (χ2n) is 5.37. The van der Waals surface area contributed by atoms with E-state index in [9.17, 15) is 5.11 Å². The highest BCUT2D eigenvalue weighted by molar-refractivity contribution is 5.26. The lowest BCUT2D eigenvalue weighted by Gasteiger charge is -2.14. The van der Waals surface area contributed by atoms with Crippen LogP contribution in [0.1, 0.15) is 43.3 Å². The molecule has 0 saturated heterocycles. The largest absolute Gasteiger partial charge is 0.508 e. The van der Waals surface area contributed by atoms with Gasteiger partial charge in [-0.15, -0.1) is 0 Å². The van der Waals surface area contributed by atoms with Crippen molar-refractivity contribution in [3.63, 3.8) is 0 Å². The third-order valence-corrected chi connectivity index (χ3v) is 3.28. The van der Waals surface area contributed by atoms with Gasteiger partial charge in [0.1, 0.15) is 11.9 Å². The van der Waals surface area contributed by atoms with Crippen molar-refractivity contribution in [1.29, 1.82) is 0 Å². The molecular weight excluding hydrogens is 270 g/mol. The van der Waals surface area contributed by atoms with E-state index in [0.29, 0.717) is 18.1 Å². The molecule has 1 aromatic carbocycles. The van der Waals surface area contributed by atoms with Crippen molar-refractivity contribution in [3.8, 4) is 5.75 Å². The van der Waals surface area contributed by atoms with E-state index >= 15 is 0 Å². The molecule has 1 aromatic heterocycles. The van der Waals surface area contributed by atoms with Gasteiger partial charge in [0.05, 0.1) is 6.04 Å². The number of phenolic OH excluding ortho intramolecular Hbond substituents is 1. The molecule has 0 aliphatic rings. The zero-order valence-corrected chi connectivity index (χ0v) is 12.5. The van der Waals surface area contributed by atoms with Gasteiger partial charge in [0.2, 0.25) is 11.7 Å². The maximum Gasteiger partial charge on any atom is 0.243 e. The summed E-state index contributed by atoms with van der Waals surface area (Å²) >= 11 is 0. The second-order valence-corrected chi connectivity index (χ2v) is 5.37.